The van der Waals surface area contributed by atoms with Gasteiger partial charge in [0.1, 0.15) is 5.75 Å². The van der Waals surface area contributed by atoms with Gasteiger partial charge in [-0.05, 0) is 29.3 Å². The summed E-state index contributed by atoms with van der Waals surface area (Å²) in [6, 6.07) is 5.31. The van der Waals surface area contributed by atoms with Crippen molar-refractivity contribution in [3.8, 4) is 5.75 Å². The van der Waals surface area contributed by atoms with Crippen LogP contribution in [0.15, 0.2) is 23.2 Å². The van der Waals surface area contributed by atoms with Gasteiger partial charge < -0.3 is 9.47 Å². The van der Waals surface area contributed by atoms with Crippen LogP contribution in [0.1, 0.15) is 11.1 Å². The SMILES string of the molecule is COC(=O)C1Cc2cc(OC)ccc2C=N1. The van der Waals surface area contributed by atoms with Crippen LogP contribution in [0.4, 0.5) is 0 Å². The van der Waals surface area contributed by atoms with Crippen molar-refractivity contribution in [3.05, 3.63) is 29.3 Å². The Morgan fingerprint density at radius 2 is 2.25 bits per heavy atom. The number of fused-ring (bicyclic) bond motifs is 1. The normalized spacial score (nSPS) is 17.8. The monoisotopic (exact) mass is 219 g/mol. The third-order valence-corrected chi connectivity index (χ3v) is 2.63. The topological polar surface area (TPSA) is 47.9 Å². The predicted octanol–water partition coefficient (Wildman–Crippen LogP) is 1.21. The van der Waals surface area contributed by atoms with E-state index in [0.717, 1.165) is 16.9 Å². The maximum Gasteiger partial charge on any atom is 0.330 e. The number of hydrogen-bond donors (Lipinski definition) is 0. The third-order valence-electron chi connectivity index (χ3n) is 2.63. The Morgan fingerprint density at radius 1 is 1.44 bits per heavy atom. The molecule has 1 aromatic rings. The molecule has 0 aromatic heterocycles. The molecule has 0 amide bonds. The molecule has 1 heterocycles. The number of carbonyl (C=O) groups excluding carboxylic acids is 1. The zero-order chi connectivity index (χ0) is 11.5. The van der Waals surface area contributed by atoms with Gasteiger partial charge in [0.15, 0.2) is 6.04 Å². The van der Waals surface area contributed by atoms with Crippen LogP contribution >= 0.6 is 0 Å². The Morgan fingerprint density at radius 3 is 2.94 bits per heavy atom. The minimum Gasteiger partial charge on any atom is -0.497 e. The summed E-state index contributed by atoms with van der Waals surface area (Å²) in [5.74, 6) is 0.488. The highest BCUT2D eigenvalue weighted by Gasteiger charge is 2.22. The van der Waals surface area contributed by atoms with Crippen molar-refractivity contribution in [2.45, 2.75) is 12.5 Å². The molecule has 1 aromatic carbocycles. The Balaban J connectivity index is 2.27. The van der Waals surface area contributed by atoms with Gasteiger partial charge in [-0.3, -0.25) is 4.99 Å². The molecule has 2 rings (SSSR count). The van der Waals surface area contributed by atoms with E-state index in [-0.39, 0.29) is 5.97 Å². The van der Waals surface area contributed by atoms with Gasteiger partial charge in [0.2, 0.25) is 0 Å². The van der Waals surface area contributed by atoms with Crippen molar-refractivity contribution >= 4 is 12.2 Å². The van der Waals surface area contributed by atoms with Crippen molar-refractivity contribution in [2.24, 2.45) is 4.99 Å². The van der Waals surface area contributed by atoms with Crippen LogP contribution in [-0.4, -0.2) is 32.4 Å². The molecule has 1 atom stereocenters. The third kappa shape index (κ3) is 1.91. The van der Waals surface area contributed by atoms with Gasteiger partial charge in [-0.25, -0.2) is 4.79 Å². The maximum atomic E-state index is 11.4. The van der Waals surface area contributed by atoms with Crippen LogP contribution in [0.2, 0.25) is 0 Å². The summed E-state index contributed by atoms with van der Waals surface area (Å²) in [5, 5.41) is 0. The Bertz CT molecular complexity index is 440. The van der Waals surface area contributed by atoms with Gasteiger partial charge in [-0.2, -0.15) is 0 Å². The molecule has 0 bridgehead atoms. The molecule has 1 aliphatic heterocycles. The van der Waals surface area contributed by atoms with Crippen molar-refractivity contribution in [1.29, 1.82) is 0 Å². The lowest BCUT2D eigenvalue weighted by Gasteiger charge is -2.17. The van der Waals surface area contributed by atoms with Gasteiger partial charge in [0.25, 0.3) is 0 Å². The Hall–Kier alpha value is -1.84. The number of esters is 1. The minimum absolute atomic E-state index is 0.301. The zero-order valence-corrected chi connectivity index (χ0v) is 9.27. The quantitative estimate of drug-likeness (QED) is 0.702. The number of ether oxygens (including phenoxy) is 2. The molecule has 0 saturated heterocycles. The smallest absolute Gasteiger partial charge is 0.330 e. The average Bonchev–Trinajstić information content (AvgIpc) is 2.36. The molecule has 0 saturated carbocycles. The number of carbonyl (C=O) groups is 1. The van der Waals surface area contributed by atoms with E-state index in [1.165, 1.54) is 7.11 Å². The Kier molecular flexibility index (Phi) is 2.90. The molecular formula is C12H13NO3. The average molecular weight is 219 g/mol. The van der Waals surface area contributed by atoms with Gasteiger partial charge in [0, 0.05) is 12.6 Å². The van der Waals surface area contributed by atoms with Crippen molar-refractivity contribution in [3.63, 3.8) is 0 Å². The van der Waals surface area contributed by atoms with Gasteiger partial charge in [-0.1, -0.05) is 0 Å². The van der Waals surface area contributed by atoms with E-state index in [0.29, 0.717) is 6.42 Å². The molecule has 0 N–H and O–H groups in total. The van der Waals surface area contributed by atoms with Crippen LogP contribution < -0.4 is 4.74 Å². The zero-order valence-electron chi connectivity index (χ0n) is 9.27. The van der Waals surface area contributed by atoms with Gasteiger partial charge in [-0.15, -0.1) is 0 Å². The fourth-order valence-corrected chi connectivity index (χ4v) is 1.72. The second-order valence-electron chi connectivity index (χ2n) is 3.59. The van der Waals surface area contributed by atoms with E-state index >= 15 is 0 Å². The molecule has 16 heavy (non-hydrogen) atoms. The number of methoxy groups -OCH3 is 2. The minimum atomic E-state index is -0.426. The molecule has 1 unspecified atom stereocenters. The van der Waals surface area contributed by atoms with Crippen LogP contribution in [0, 0.1) is 0 Å². The van der Waals surface area contributed by atoms with E-state index in [2.05, 4.69) is 9.73 Å². The molecule has 0 spiro atoms. The number of benzene rings is 1. The predicted molar refractivity (Wildman–Crippen MR) is 60.1 cm³/mol. The standard InChI is InChI=1S/C12H13NO3/c1-15-10-4-3-8-7-13-11(12(14)16-2)6-9(8)5-10/h3-5,7,11H,6H2,1-2H3. The fraction of sp³-hybridized carbons (Fsp3) is 0.333. The second kappa shape index (κ2) is 4.35. The molecule has 84 valence electrons. The van der Waals surface area contributed by atoms with E-state index in [1.54, 1.807) is 13.3 Å². The first-order chi connectivity index (χ1) is 7.74. The lowest BCUT2D eigenvalue weighted by Crippen LogP contribution is -2.26. The molecule has 0 radical (unpaired) electrons. The highest BCUT2D eigenvalue weighted by Crippen LogP contribution is 2.22. The largest absolute Gasteiger partial charge is 0.497 e. The summed E-state index contributed by atoms with van der Waals surface area (Å²) in [6.45, 7) is 0. The summed E-state index contributed by atoms with van der Waals surface area (Å²) < 4.78 is 9.82. The number of nitrogens with zero attached hydrogens (tertiary/aromatic N) is 1. The van der Waals surface area contributed by atoms with Crippen molar-refractivity contribution in [2.75, 3.05) is 14.2 Å². The lowest BCUT2D eigenvalue weighted by molar-refractivity contribution is -0.142. The van der Waals surface area contributed by atoms with Crippen LogP contribution in [-0.2, 0) is 16.0 Å². The summed E-state index contributed by atoms with van der Waals surface area (Å²) in [4.78, 5) is 15.5. The van der Waals surface area contributed by atoms with E-state index in [1.807, 2.05) is 18.2 Å². The molecule has 0 aliphatic carbocycles. The van der Waals surface area contributed by atoms with Crippen LogP contribution in [0.3, 0.4) is 0 Å². The van der Waals surface area contributed by atoms with Crippen LogP contribution in [0.5, 0.6) is 5.75 Å². The molecule has 4 heteroatoms. The second-order valence-corrected chi connectivity index (χ2v) is 3.59. The van der Waals surface area contributed by atoms with Crippen LogP contribution in [0.25, 0.3) is 0 Å². The van der Waals surface area contributed by atoms with Crippen molar-refractivity contribution in [1.82, 2.24) is 0 Å². The highest BCUT2D eigenvalue weighted by molar-refractivity contribution is 5.88. The maximum absolute atomic E-state index is 11.4. The summed E-state index contributed by atoms with van der Waals surface area (Å²) >= 11 is 0. The number of aliphatic imine (C=N–C) groups is 1. The van der Waals surface area contributed by atoms with E-state index in [9.17, 15) is 4.79 Å². The summed E-state index contributed by atoms with van der Waals surface area (Å²) in [6.07, 6.45) is 2.27. The molecule has 0 fully saturated rings. The number of rotatable bonds is 2. The highest BCUT2D eigenvalue weighted by atomic mass is 16.5. The van der Waals surface area contributed by atoms with E-state index < -0.39 is 6.04 Å². The van der Waals surface area contributed by atoms with E-state index in [4.69, 9.17) is 4.74 Å². The first kappa shape index (κ1) is 10.7. The molecular weight excluding hydrogens is 206 g/mol. The number of hydrogen-bond acceptors (Lipinski definition) is 4. The first-order valence-corrected chi connectivity index (χ1v) is 5.02. The lowest BCUT2D eigenvalue weighted by atomic mass is 9.98. The fourth-order valence-electron chi connectivity index (χ4n) is 1.72. The first-order valence-electron chi connectivity index (χ1n) is 5.02. The summed E-state index contributed by atoms with van der Waals surface area (Å²) in [5.41, 5.74) is 2.09. The summed E-state index contributed by atoms with van der Waals surface area (Å²) in [7, 11) is 3.00. The molecule has 4 nitrogen and oxygen atoms in total. The molecule has 1 aliphatic rings. The van der Waals surface area contributed by atoms with Gasteiger partial charge in [0.05, 0.1) is 14.2 Å². The van der Waals surface area contributed by atoms with Gasteiger partial charge >= 0.3 is 5.97 Å². The van der Waals surface area contributed by atoms with Crippen molar-refractivity contribution < 1.29 is 14.3 Å². The Labute approximate surface area is 93.9 Å².